The topological polar surface area (TPSA) is 78.9 Å². The van der Waals surface area contributed by atoms with Crippen molar-refractivity contribution in [3.8, 4) is 0 Å². The van der Waals surface area contributed by atoms with Gasteiger partial charge in [-0.3, -0.25) is 14.4 Å². The molecule has 0 fully saturated rings. The molecule has 0 aromatic rings. The fourth-order valence-electron chi connectivity index (χ4n) is 6.85. The third-order valence-corrected chi connectivity index (χ3v) is 10.5. The SMILES string of the molecule is CC/C=C\C/C=C\C/C=C\CCCCC(=O)OCC(COC(=O)CCCCCCCCCCCCCCCCC)OC(=O)CCCCCCCCC/C=C\C/C=C\CC. The molecule has 0 amide bonds. The van der Waals surface area contributed by atoms with Crippen LogP contribution in [-0.4, -0.2) is 37.2 Å². The predicted molar refractivity (Wildman–Crippen MR) is 251 cm³/mol. The second-order valence-corrected chi connectivity index (χ2v) is 16.3. The Morgan fingerprint density at radius 3 is 1.07 bits per heavy atom. The van der Waals surface area contributed by atoms with Crippen LogP contribution >= 0.6 is 0 Å². The van der Waals surface area contributed by atoms with Crippen LogP contribution in [0.3, 0.4) is 0 Å². The van der Waals surface area contributed by atoms with Gasteiger partial charge in [0.1, 0.15) is 13.2 Å². The molecular weight excluding hydrogens is 733 g/mol. The fraction of sp³-hybridized carbons (Fsp3) is 0.755. The third-order valence-electron chi connectivity index (χ3n) is 10.5. The summed E-state index contributed by atoms with van der Waals surface area (Å²) in [6, 6.07) is 0. The molecule has 59 heavy (non-hydrogen) atoms. The van der Waals surface area contributed by atoms with E-state index in [1.54, 1.807) is 0 Å². The van der Waals surface area contributed by atoms with Crippen LogP contribution in [0.4, 0.5) is 0 Å². The van der Waals surface area contributed by atoms with Gasteiger partial charge in [0.2, 0.25) is 0 Å². The number of hydrogen-bond acceptors (Lipinski definition) is 6. The normalized spacial score (nSPS) is 12.5. The van der Waals surface area contributed by atoms with Crippen molar-refractivity contribution in [2.75, 3.05) is 13.2 Å². The molecule has 0 radical (unpaired) electrons. The first-order valence-corrected chi connectivity index (χ1v) is 24.8. The highest BCUT2D eigenvalue weighted by Gasteiger charge is 2.19. The standard InChI is InChI=1S/C53H92O6/c1-4-7-10-13-16-19-22-25-27-29-31-34-37-40-43-46-52(55)58-49-50(48-57-51(54)45-42-39-36-33-30-24-21-18-15-12-9-6-3)59-53(56)47-44-41-38-35-32-28-26-23-20-17-14-11-8-5-2/h8-9,11-12,17-18,20-21,30,33,50H,4-7,10,13-16,19,22-29,31-32,34-49H2,1-3H3/b11-8-,12-9-,20-17-,21-18-,33-30-. The molecule has 0 N–H and O–H groups in total. The lowest BCUT2D eigenvalue weighted by atomic mass is 10.0. The first-order chi connectivity index (χ1) is 29.0. The Bertz CT molecular complexity index is 1090. The maximum atomic E-state index is 12.8. The molecule has 0 aliphatic carbocycles. The van der Waals surface area contributed by atoms with Gasteiger partial charge in [0, 0.05) is 19.3 Å². The molecule has 0 heterocycles. The molecule has 340 valence electrons. The van der Waals surface area contributed by atoms with Gasteiger partial charge in [0.25, 0.3) is 0 Å². The van der Waals surface area contributed by atoms with Crippen molar-refractivity contribution in [1.82, 2.24) is 0 Å². The van der Waals surface area contributed by atoms with Gasteiger partial charge >= 0.3 is 17.9 Å². The first-order valence-electron chi connectivity index (χ1n) is 24.8. The van der Waals surface area contributed by atoms with Crippen LogP contribution in [0.15, 0.2) is 60.8 Å². The maximum absolute atomic E-state index is 12.8. The van der Waals surface area contributed by atoms with Crippen molar-refractivity contribution in [3.63, 3.8) is 0 Å². The van der Waals surface area contributed by atoms with E-state index in [-0.39, 0.29) is 31.1 Å². The average Bonchev–Trinajstić information content (AvgIpc) is 3.23. The molecule has 1 unspecified atom stereocenters. The zero-order valence-corrected chi connectivity index (χ0v) is 38.8. The molecule has 0 spiro atoms. The van der Waals surface area contributed by atoms with Gasteiger partial charge in [-0.2, -0.15) is 0 Å². The summed E-state index contributed by atoms with van der Waals surface area (Å²) in [5.41, 5.74) is 0. The molecular formula is C53H92O6. The number of esters is 3. The van der Waals surface area contributed by atoms with Gasteiger partial charge in [-0.05, 0) is 77.0 Å². The van der Waals surface area contributed by atoms with Crippen molar-refractivity contribution >= 4 is 17.9 Å². The summed E-state index contributed by atoms with van der Waals surface area (Å²) in [7, 11) is 0. The molecule has 0 rings (SSSR count). The van der Waals surface area contributed by atoms with Crippen LogP contribution < -0.4 is 0 Å². The monoisotopic (exact) mass is 825 g/mol. The minimum absolute atomic E-state index is 0.0879. The van der Waals surface area contributed by atoms with E-state index >= 15 is 0 Å². The van der Waals surface area contributed by atoms with Crippen LogP contribution in [-0.2, 0) is 28.6 Å². The number of carbonyl (C=O) groups is 3. The van der Waals surface area contributed by atoms with E-state index in [4.69, 9.17) is 14.2 Å². The molecule has 0 aromatic carbocycles. The van der Waals surface area contributed by atoms with Gasteiger partial charge in [-0.15, -0.1) is 0 Å². The molecule has 0 bridgehead atoms. The number of hydrogen-bond donors (Lipinski definition) is 0. The van der Waals surface area contributed by atoms with Crippen molar-refractivity contribution in [1.29, 1.82) is 0 Å². The van der Waals surface area contributed by atoms with Crippen LogP contribution in [0.25, 0.3) is 0 Å². The summed E-state index contributed by atoms with van der Waals surface area (Å²) in [5.74, 6) is -0.935. The smallest absolute Gasteiger partial charge is 0.306 e. The quantitative estimate of drug-likeness (QED) is 0.0263. The number of ether oxygens (including phenoxy) is 3. The average molecular weight is 825 g/mol. The Hall–Kier alpha value is -2.89. The van der Waals surface area contributed by atoms with E-state index in [1.165, 1.54) is 103 Å². The Balaban J connectivity index is 4.41. The fourth-order valence-corrected chi connectivity index (χ4v) is 6.85. The van der Waals surface area contributed by atoms with Crippen molar-refractivity contribution < 1.29 is 28.6 Å². The van der Waals surface area contributed by atoms with Gasteiger partial charge in [0.15, 0.2) is 6.10 Å². The van der Waals surface area contributed by atoms with Gasteiger partial charge < -0.3 is 14.2 Å². The van der Waals surface area contributed by atoms with E-state index in [0.717, 1.165) is 96.3 Å². The minimum atomic E-state index is -0.790. The lowest BCUT2D eigenvalue weighted by Crippen LogP contribution is -2.30. The third kappa shape index (κ3) is 46.0. The number of rotatable bonds is 44. The molecule has 0 aliphatic heterocycles. The Morgan fingerprint density at radius 2 is 0.661 bits per heavy atom. The van der Waals surface area contributed by atoms with Gasteiger partial charge in [-0.25, -0.2) is 0 Å². The van der Waals surface area contributed by atoms with E-state index in [0.29, 0.717) is 19.3 Å². The van der Waals surface area contributed by atoms with Crippen LogP contribution in [0.2, 0.25) is 0 Å². The summed E-state index contributed by atoms with van der Waals surface area (Å²) in [6.07, 6.45) is 57.8. The Morgan fingerprint density at radius 1 is 0.356 bits per heavy atom. The van der Waals surface area contributed by atoms with E-state index < -0.39 is 6.10 Å². The summed E-state index contributed by atoms with van der Waals surface area (Å²) in [4.78, 5) is 37.9. The van der Waals surface area contributed by atoms with Gasteiger partial charge in [-0.1, -0.05) is 204 Å². The number of carbonyl (C=O) groups excluding carboxylic acids is 3. The van der Waals surface area contributed by atoms with Crippen LogP contribution in [0, 0.1) is 0 Å². The van der Waals surface area contributed by atoms with E-state index in [2.05, 4.69) is 81.5 Å². The molecule has 0 aromatic heterocycles. The molecule has 1 atom stereocenters. The molecule has 0 aliphatic rings. The second kappa shape index (κ2) is 47.8. The lowest BCUT2D eigenvalue weighted by molar-refractivity contribution is -0.167. The molecule has 6 nitrogen and oxygen atoms in total. The highest BCUT2D eigenvalue weighted by molar-refractivity contribution is 5.71. The molecule has 6 heteroatoms. The number of allylic oxidation sites excluding steroid dienone is 10. The summed E-state index contributed by atoms with van der Waals surface area (Å²) in [6.45, 7) is 6.38. The van der Waals surface area contributed by atoms with Crippen molar-refractivity contribution in [2.45, 2.75) is 245 Å². The lowest BCUT2D eigenvalue weighted by Gasteiger charge is -2.18. The summed E-state index contributed by atoms with van der Waals surface area (Å²) in [5, 5.41) is 0. The van der Waals surface area contributed by atoms with E-state index in [9.17, 15) is 14.4 Å². The Kier molecular flexibility index (Phi) is 45.4. The summed E-state index contributed by atoms with van der Waals surface area (Å²) >= 11 is 0. The largest absolute Gasteiger partial charge is 0.462 e. The van der Waals surface area contributed by atoms with Crippen molar-refractivity contribution in [2.24, 2.45) is 0 Å². The predicted octanol–water partition coefficient (Wildman–Crippen LogP) is 16.1. The van der Waals surface area contributed by atoms with Crippen molar-refractivity contribution in [3.05, 3.63) is 60.8 Å². The Labute approximate surface area is 364 Å². The highest BCUT2D eigenvalue weighted by Crippen LogP contribution is 2.15. The summed E-state index contributed by atoms with van der Waals surface area (Å²) < 4.78 is 16.7. The molecule has 0 saturated carbocycles. The zero-order chi connectivity index (χ0) is 43.0. The minimum Gasteiger partial charge on any atom is -0.462 e. The van der Waals surface area contributed by atoms with Crippen LogP contribution in [0.1, 0.15) is 239 Å². The highest BCUT2D eigenvalue weighted by atomic mass is 16.6. The van der Waals surface area contributed by atoms with E-state index in [1.807, 2.05) is 0 Å². The van der Waals surface area contributed by atoms with Crippen LogP contribution in [0.5, 0.6) is 0 Å². The molecule has 0 saturated heterocycles. The first kappa shape index (κ1) is 56.1. The number of unbranched alkanes of at least 4 members (excludes halogenated alkanes) is 23. The maximum Gasteiger partial charge on any atom is 0.306 e. The zero-order valence-electron chi connectivity index (χ0n) is 38.8. The second-order valence-electron chi connectivity index (χ2n) is 16.3. The van der Waals surface area contributed by atoms with Gasteiger partial charge in [0.05, 0.1) is 0 Å².